The Labute approximate surface area is 163 Å². The molecule has 1 aliphatic heterocycles. The fourth-order valence-corrected chi connectivity index (χ4v) is 4.59. The van der Waals surface area contributed by atoms with Crippen LogP contribution in [0, 0.1) is 0 Å². The van der Waals surface area contributed by atoms with Crippen LogP contribution in [0.25, 0.3) is 11.1 Å². The second-order valence-corrected chi connectivity index (χ2v) is 7.38. The lowest BCUT2D eigenvalue weighted by Crippen LogP contribution is -2.28. The van der Waals surface area contributed by atoms with Crippen molar-refractivity contribution in [2.24, 2.45) is 0 Å². The van der Waals surface area contributed by atoms with Gasteiger partial charge in [-0.3, -0.25) is 4.79 Å². The normalized spacial score (nSPS) is 12.2. The molecular weight excluding hydrogens is 352 g/mol. The summed E-state index contributed by atoms with van der Waals surface area (Å²) < 4.78 is 1.74. The first-order chi connectivity index (χ1) is 13.2. The van der Waals surface area contributed by atoms with Gasteiger partial charge in [0.2, 0.25) is 0 Å². The molecule has 1 aromatic heterocycles. The van der Waals surface area contributed by atoms with Crippen LogP contribution in [0.15, 0.2) is 101 Å². The van der Waals surface area contributed by atoms with E-state index in [0.717, 1.165) is 27.4 Å². The van der Waals surface area contributed by atoms with Crippen LogP contribution in [-0.4, -0.2) is 11.1 Å². The maximum absolute atomic E-state index is 13.3. The molecule has 4 heteroatoms. The summed E-state index contributed by atoms with van der Waals surface area (Å²) in [6.07, 6.45) is 5.58. The minimum Gasteiger partial charge on any atom is -0.335 e. The van der Waals surface area contributed by atoms with Crippen LogP contribution in [0.5, 0.6) is 0 Å². The van der Waals surface area contributed by atoms with Gasteiger partial charge in [0.25, 0.3) is 5.56 Å². The highest BCUT2D eigenvalue weighted by Crippen LogP contribution is 2.50. The van der Waals surface area contributed by atoms with Gasteiger partial charge in [-0.2, -0.15) is 0 Å². The molecule has 2 heterocycles. The topological polar surface area (TPSA) is 25.2 Å². The van der Waals surface area contributed by atoms with Gasteiger partial charge in [0, 0.05) is 24.2 Å². The third kappa shape index (κ3) is 3.02. The van der Waals surface area contributed by atoms with E-state index in [1.807, 2.05) is 54.7 Å². The molecule has 0 bridgehead atoms. The first kappa shape index (κ1) is 17.4. The first-order valence-electron chi connectivity index (χ1n) is 8.83. The van der Waals surface area contributed by atoms with Crippen molar-refractivity contribution in [2.75, 3.05) is 11.4 Å². The van der Waals surface area contributed by atoms with Crippen molar-refractivity contribution in [3.8, 4) is 11.1 Å². The Morgan fingerprint density at radius 2 is 1.59 bits per heavy atom. The Bertz CT molecular complexity index is 1070. The second-order valence-electron chi connectivity index (χ2n) is 6.30. The molecule has 27 heavy (non-hydrogen) atoms. The van der Waals surface area contributed by atoms with Crippen LogP contribution >= 0.6 is 11.8 Å². The number of rotatable bonds is 5. The molecule has 134 valence electrons. The molecule has 0 amide bonds. The maximum Gasteiger partial charge on any atom is 0.260 e. The highest BCUT2D eigenvalue weighted by Gasteiger charge is 2.28. The van der Waals surface area contributed by atoms with E-state index in [-0.39, 0.29) is 5.56 Å². The summed E-state index contributed by atoms with van der Waals surface area (Å²) in [7, 11) is 0. The highest BCUT2D eigenvalue weighted by atomic mass is 32.2. The summed E-state index contributed by atoms with van der Waals surface area (Å²) in [4.78, 5) is 17.8. The van der Waals surface area contributed by atoms with Gasteiger partial charge < -0.3 is 9.47 Å². The maximum atomic E-state index is 13.3. The monoisotopic (exact) mass is 372 g/mol. The number of hydrogen-bond acceptors (Lipinski definition) is 3. The summed E-state index contributed by atoms with van der Waals surface area (Å²) in [5.41, 5.74) is 3.70. The van der Waals surface area contributed by atoms with Gasteiger partial charge >= 0.3 is 0 Å². The average molecular weight is 372 g/mol. The van der Waals surface area contributed by atoms with Gasteiger partial charge in [0.05, 0.1) is 21.8 Å². The van der Waals surface area contributed by atoms with E-state index < -0.39 is 0 Å². The molecule has 0 spiro atoms. The van der Waals surface area contributed by atoms with Crippen molar-refractivity contribution in [2.45, 2.75) is 16.3 Å². The number of aromatic nitrogens is 1. The number of hydrogen-bond donors (Lipinski definition) is 0. The van der Waals surface area contributed by atoms with Crippen LogP contribution in [-0.2, 0) is 6.54 Å². The van der Waals surface area contributed by atoms with Gasteiger partial charge in [-0.1, -0.05) is 66.4 Å². The molecule has 0 atom stereocenters. The number of anilines is 2. The lowest BCUT2D eigenvalue weighted by molar-refractivity contribution is 0.765. The summed E-state index contributed by atoms with van der Waals surface area (Å²) in [5, 5.41) is 0. The molecule has 0 N–H and O–H groups in total. The van der Waals surface area contributed by atoms with Gasteiger partial charge in [0.1, 0.15) is 0 Å². The van der Waals surface area contributed by atoms with E-state index in [0.29, 0.717) is 13.1 Å². The zero-order chi connectivity index (χ0) is 18.8. The van der Waals surface area contributed by atoms with Gasteiger partial charge in [-0.05, 0) is 17.7 Å². The minimum atomic E-state index is -0.00565. The van der Waals surface area contributed by atoms with E-state index in [2.05, 4.69) is 30.2 Å². The SMILES string of the molecule is C=CCN1c2ccccc2Sc2cn(CC=C)c(=O)c(-c3ccccc3)c21. The zero-order valence-electron chi connectivity index (χ0n) is 15.0. The van der Waals surface area contributed by atoms with Crippen LogP contribution in [0.3, 0.4) is 0 Å². The van der Waals surface area contributed by atoms with Crippen molar-refractivity contribution >= 4 is 23.1 Å². The third-order valence-corrected chi connectivity index (χ3v) is 5.65. The van der Waals surface area contributed by atoms with Crippen LogP contribution in [0.2, 0.25) is 0 Å². The Balaban J connectivity index is 2.05. The Morgan fingerprint density at radius 3 is 2.33 bits per heavy atom. The molecule has 2 aromatic carbocycles. The number of pyridine rings is 1. The Kier molecular flexibility index (Phi) is 4.73. The summed E-state index contributed by atoms with van der Waals surface area (Å²) in [6, 6.07) is 18.2. The quantitative estimate of drug-likeness (QED) is 0.554. The zero-order valence-corrected chi connectivity index (χ0v) is 15.8. The van der Waals surface area contributed by atoms with Gasteiger partial charge in [-0.15, -0.1) is 13.2 Å². The lowest BCUT2D eigenvalue weighted by Gasteiger charge is -2.34. The van der Waals surface area contributed by atoms with Crippen molar-refractivity contribution in [3.63, 3.8) is 0 Å². The van der Waals surface area contributed by atoms with Crippen LogP contribution in [0.1, 0.15) is 0 Å². The largest absolute Gasteiger partial charge is 0.335 e. The Morgan fingerprint density at radius 1 is 0.889 bits per heavy atom. The molecule has 0 fully saturated rings. The number of nitrogens with zero attached hydrogens (tertiary/aromatic N) is 2. The molecule has 3 nitrogen and oxygen atoms in total. The summed E-state index contributed by atoms with van der Waals surface area (Å²) in [6.45, 7) is 8.85. The second kappa shape index (κ2) is 7.33. The number of fused-ring (bicyclic) bond motifs is 2. The van der Waals surface area contributed by atoms with Crippen LogP contribution in [0.4, 0.5) is 11.4 Å². The predicted molar refractivity (Wildman–Crippen MR) is 114 cm³/mol. The van der Waals surface area contributed by atoms with E-state index in [9.17, 15) is 4.79 Å². The number of allylic oxidation sites excluding steroid dienone is 1. The van der Waals surface area contributed by atoms with E-state index in [4.69, 9.17) is 0 Å². The molecule has 1 aliphatic rings. The first-order valence-corrected chi connectivity index (χ1v) is 9.65. The fraction of sp³-hybridized carbons (Fsp3) is 0.0870. The molecule has 0 radical (unpaired) electrons. The van der Waals surface area contributed by atoms with E-state index in [1.165, 1.54) is 4.90 Å². The molecule has 0 aliphatic carbocycles. The number of benzene rings is 2. The predicted octanol–water partition coefficient (Wildman–Crippen LogP) is 5.49. The minimum absolute atomic E-state index is 0.00565. The van der Waals surface area contributed by atoms with Crippen molar-refractivity contribution in [1.29, 1.82) is 0 Å². The van der Waals surface area contributed by atoms with E-state index >= 15 is 0 Å². The summed E-state index contributed by atoms with van der Waals surface area (Å²) >= 11 is 1.70. The standard InChI is InChI=1S/C23H20N2OS/c1-3-14-24-16-20-22(21(23(24)26)17-10-6-5-7-11-17)25(15-4-2)18-12-8-9-13-19(18)27-20/h3-13,16H,1-2,14-15H2. The average Bonchev–Trinajstić information content (AvgIpc) is 2.70. The van der Waals surface area contributed by atoms with Gasteiger partial charge in [0.15, 0.2) is 0 Å². The summed E-state index contributed by atoms with van der Waals surface area (Å²) in [5.74, 6) is 0. The molecule has 4 rings (SSSR count). The third-order valence-electron chi connectivity index (χ3n) is 4.56. The lowest BCUT2D eigenvalue weighted by atomic mass is 10.0. The molecule has 0 unspecified atom stereocenters. The van der Waals surface area contributed by atoms with Crippen LogP contribution < -0.4 is 10.5 Å². The van der Waals surface area contributed by atoms with Gasteiger partial charge in [-0.25, -0.2) is 0 Å². The smallest absolute Gasteiger partial charge is 0.260 e. The van der Waals surface area contributed by atoms with Crippen molar-refractivity contribution in [1.82, 2.24) is 4.57 Å². The van der Waals surface area contributed by atoms with E-state index in [1.54, 1.807) is 22.4 Å². The molecular formula is C23H20N2OS. The Hall–Kier alpha value is -2.98. The van der Waals surface area contributed by atoms with Crippen molar-refractivity contribution in [3.05, 3.63) is 96.5 Å². The molecule has 0 saturated heterocycles. The van der Waals surface area contributed by atoms with Crippen molar-refractivity contribution < 1.29 is 0 Å². The fourth-order valence-electron chi connectivity index (χ4n) is 3.44. The number of para-hydroxylation sites is 1. The molecule has 0 saturated carbocycles. The molecule has 3 aromatic rings. The highest BCUT2D eigenvalue weighted by molar-refractivity contribution is 7.99.